The normalized spacial score (nSPS) is 12.2. The number of carbonyl (C=O) groups excluding carboxylic acids is 2. The van der Waals surface area contributed by atoms with Gasteiger partial charge in [0.05, 0.1) is 22.0 Å². The van der Waals surface area contributed by atoms with Gasteiger partial charge < -0.3 is 10.2 Å². The zero-order valence-electron chi connectivity index (χ0n) is 22.0. The topological polar surface area (TPSA) is 86.8 Å². The molecule has 37 heavy (non-hydrogen) atoms. The number of sulfonamides is 1. The molecule has 0 saturated heterocycles. The summed E-state index contributed by atoms with van der Waals surface area (Å²) in [4.78, 5) is 27.9. The second-order valence-electron chi connectivity index (χ2n) is 8.94. The van der Waals surface area contributed by atoms with Crippen LogP contribution < -0.4 is 9.62 Å². The van der Waals surface area contributed by atoms with Crippen molar-refractivity contribution in [3.05, 3.63) is 63.6 Å². The van der Waals surface area contributed by atoms with Crippen molar-refractivity contribution >= 4 is 50.7 Å². The molecule has 0 aliphatic carbocycles. The number of nitrogens with one attached hydrogen (secondary N) is 1. The molecule has 2 aromatic rings. The first-order valence-electron chi connectivity index (χ1n) is 12.6. The van der Waals surface area contributed by atoms with Crippen LogP contribution in [0.1, 0.15) is 57.6 Å². The van der Waals surface area contributed by atoms with E-state index in [1.807, 2.05) is 32.9 Å². The van der Waals surface area contributed by atoms with E-state index >= 15 is 0 Å². The van der Waals surface area contributed by atoms with Crippen LogP contribution in [0.25, 0.3) is 0 Å². The van der Waals surface area contributed by atoms with Crippen LogP contribution in [-0.4, -0.2) is 50.5 Å². The van der Waals surface area contributed by atoms with Crippen LogP contribution >= 0.6 is 23.2 Å². The number of carbonyl (C=O) groups is 2. The van der Waals surface area contributed by atoms with Crippen molar-refractivity contribution in [2.24, 2.45) is 0 Å². The van der Waals surface area contributed by atoms with E-state index in [1.165, 1.54) is 4.31 Å². The van der Waals surface area contributed by atoms with E-state index in [2.05, 4.69) is 5.32 Å². The summed E-state index contributed by atoms with van der Waals surface area (Å²) in [5, 5.41) is 3.66. The first-order valence-corrected chi connectivity index (χ1v) is 15.2. The number of nitrogens with zero attached hydrogens (tertiary/aromatic N) is 2. The highest BCUT2D eigenvalue weighted by molar-refractivity contribution is 7.92. The summed E-state index contributed by atoms with van der Waals surface area (Å²) in [7, 11) is -3.54. The fourth-order valence-corrected chi connectivity index (χ4v) is 5.31. The molecule has 1 atom stereocenters. The number of aryl methyl sites for hydroxylation is 1. The lowest BCUT2D eigenvalue weighted by Gasteiger charge is -2.31. The third-order valence-electron chi connectivity index (χ3n) is 6.06. The van der Waals surface area contributed by atoms with Gasteiger partial charge in [0.25, 0.3) is 0 Å². The number of amides is 2. The Morgan fingerprint density at radius 1 is 0.973 bits per heavy atom. The van der Waals surface area contributed by atoms with Crippen LogP contribution in [0.15, 0.2) is 42.5 Å². The van der Waals surface area contributed by atoms with Gasteiger partial charge in [-0.25, -0.2) is 8.42 Å². The molecule has 1 unspecified atom stereocenters. The largest absolute Gasteiger partial charge is 0.354 e. The van der Waals surface area contributed by atoms with Crippen LogP contribution in [0.5, 0.6) is 0 Å². The molecule has 0 saturated carbocycles. The average Bonchev–Trinajstić information content (AvgIpc) is 2.86. The summed E-state index contributed by atoms with van der Waals surface area (Å²) in [5.74, 6) is -0.453. The quantitative estimate of drug-likeness (QED) is 0.328. The minimum absolute atomic E-state index is 0.0813. The SMILES string of the molecule is CCCNC(=O)C(CC)N(Cc1ccc(Cl)c(Cl)c1)C(=O)CCCN(c1ccc(CC)cc1)S(C)(=O)=O. The Hall–Kier alpha value is -2.29. The Morgan fingerprint density at radius 2 is 1.62 bits per heavy atom. The Bertz CT molecular complexity index is 1160. The monoisotopic (exact) mass is 569 g/mol. The molecule has 0 spiro atoms. The summed E-state index contributed by atoms with van der Waals surface area (Å²) >= 11 is 12.2. The van der Waals surface area contributed by atoms with Crippen molar-refractivity contribution in [3.8, 4) is 0 Å². The molecule has 0 fully saturated rings. The molecule has 10 heteroatoms. The third kappa shape index (κ3) is 9.20. The van der Waals surface area contributed by atoms with Crippen molar-refractivity contribution < 1.29 is 18.0 Å². The lowest BCUT2D eigenvalue weighted by molar-refractivity contribution is -0.141. The zero-order valence-corrected chi connectivity index (χ0v) is 24.3. The van der Waals surface area contributed by atoms with Gasteiger partial charge in [-0.3, -0.25) is 13.9 Å². The molecular formula is C27H37Cl2N3O4S. The van der Waals surface area contributed by atoms with Gasteiger partial charge in [0.1, 0.15) is 6.04 Å². The Balaban J connectivity index is 2.22. The maximum Gasteiger partial charge on any atom is 0.242 e. The predicted octanol–water partition coefficient (Wildman–Crippen LogP) is 5.44. The molecular weight excluding hydrogens is 533 g/mol. The number of hydrogen-bond donors (Lipinski definition) is 1. The number of rotatable bonds is 14. The highest BCUT2D eigenvalue weighted by atomic mass is 35.5. The summed E-state index contributed by atoms with van der Waals surface area (Å²) < 4.78 is 26.3. The van der Waals surface area contributed by atoms with Gasteiger partial charge in [-0.05, 0) is 61.1 Å². The second-order valence-corrected chi connectivity index (χ2v) is 11.7. The number of halogens is 2. The highest BCUT2D eigenvalue weighted by Gasteiger charge is 2.29. The third-order valence-corrected chi connectivity index (χ3v) is 7.99. The van der Waals surface area contributed by atoms with Gasteiger partial charge >= 0.3 is 0 Å². The molecule has 2 amide bonds. The number of hydrogen-bond acceptors (Lipinski definition) is 4. The Kier molecular flexibility index (Phi) is 12.2. The molecule has 2 rings (SSSR count). The smallest absolute Gasteiger partial charge is 0.242 e. The fourth-order valence-electron chi connectivity index (χ4n) is 4.02. The van der Waals surface area contributed by atoms with Crippen molar-refractivity contribution in [2.45, 2.75) is 65.5 Å². The van der Waals surface area contributed by atoms with Gasteiger partial charge in [0.15, 0.2) is 0 Å². The minimum atomic E-state index is -3.54. The van der Waals surface area contributed by atoms with Crippen molar-refractivity contribution in [3.63, 3.8) is 0 Å². The van der Waals surface area contributed by atoms with E-state index in [1.54, 1.807) is 35.2 Å². The molecule has 0 heterocycles. The van der Waals surface area contributed by atoms with Crippen LogP contribution in [0, 0.1) is 0 Å². The molecule has 7 nitrogen and oxygen atoms in total. The molecule has 1 N–H and O–H groups in total. The van der Waals surface area contributed by atoms with Gasteiger partial charge in [0, 0.05) is 26.1 Å². The average molecular weight is 571 g/mol. The molecule has 0 bridgehead atoms. The van der Waals surface area contributed by atoms with E-state index in [0.29, 0.717) is 35.1 Å². The molecule has 0 aliphatic heterocycles. The summed E-state index contributed by atoms with van der Waals surface area (Å²) in [5.41, 5.74) is 2.42. The van der Waals surface area contributed by atoms with Crippen LogP contribution in [0.2, 0.25) is 10.0 Å². The summed E-state index contributed by atoms with van der Waals surface area (Å²) in [6.45, 7) is 6.70. The molecule has 0 aliphatic rings. The maximum atomic E-state index is 13.4. The van der Waals surface area contributed by atoms with Gasteiger partial charge in [-0.2, -0.15) is 0 Å². The fraction of sp³-hybridized carbons (Fsp3) is 0.481. The van der Waals surface area contributed by atoms with Gasteiger partial charge in [-0.1, -0.05) is 62.2 Å². The first-order chi connectivity index (χ1) is 17.5. The van der Waals surface area contributed by atoms with E-state index in [-0.39, 0.29) is 31.3 Å². The number of benzene rings is 2. The van der Waals surface area contributed by atoms with Crippen LogP contribution in [0.3, 0.4) is 0 Å². The highest BCUT2D eigenvalue weighted by Crippen LogP contribution is 2.25. The second kappa shape index (κ2) is 14.6. The number of anilines is 1. The summed E-state index contributed by atoms with van der Waals surface area (Å²) in [6.07, 6.45) is 3.60. The van der Waals surface area contributed by atoms with Crippen LogP contribution in [-0.2, 0) is 32.6 Å². The molecule has 204 valence electrons. The lowest BCUT2D eigenvalue weighted by Crippen LogP contribution is -2.49. The standard InChI is InChI=1S/C27H37Cl2N3O4S/c1-5-16-30-27(34)25(7-3)31(19-21-12-15-23(28)24(29)18-21)26(33)9-8-17-32(37(4,35)36)22-13-10-20(6-2)11-14-22/h10-15,18,25H,5-9,16-17,19H2,1-4H3,(H,30,34). The molecule has 0 radical (unpaired) electrons. The molecule has 2 aromatic carbocycles. The predicted molar refractivity (Wildman–Crippen MR) is 152 cm³/mol. The van der Waals surface area contributed by atoms with Crippen molar-refractivity contribution in [1.82, 2.24) is 10.2 Å². The van der Waals surface area contributed by atoms with Crippen LogP contribution in [0.4, 0.5) is 5.69 Å². The minimum Gasteiger partial charge on any atom is -0.354 e. The van der Waals surface area contributed by atoms with Crippen molar-refractivity contribution in [1.29, 1.82) is 0 Å². The van der Waals surface area contributed by atoms with Gasteiger partial charge in [0.2, 0.25) is 21.8 Å². The zero-order chi connectivity index (χ0) is 27.6. The maximum absolute atomic E-state index is 13.4. The van der Waals surface area contributed by atoms with Crippen molar-refractivity contribution in [2.75, 3.05) is 23.7 Å². The Morgan fingerprint density at radius 3 is 2.16 bits per heavy atom. The van der Waals surface area contributed by atoms with E-state index in [0.717, 1.165) is 30.2 Å². The lowest BCUT2D eigenvalue weighted by atomic mass is 10.1. The first kappa shape index (κ1) is 30.9. The Labute approximate surface area is 231 Å². The van der Waals surface area contributed by atoms with E-state index in [9.17, 15) is 18.0 Å². The van der Waals surface area contributed by atoms with E-state index in [4.69, 9.17) is 23.2 Å². The van der Waals surface area contributed by atoms with Gasteiger partial charge in [-0.15, -0.1) is 0 Å². The van der Waals surface area contributed by atoms with E-state index < -0.39 is 16.1 Å². The molecule has 0 aromatic heterocycles. The summed E-state index contributed by atoms with van der Waals surface area (Å²) in [6, 6.07) is 11.8.